The lowest BCUT2D eigenvalue weighted by Gasteiger charge is -2.40. The van der Waals surface area contributed by atoms with Crippen molar-refractivity contribution in [3.8, 4) is 0 Å². The molecule has 38 heavy (non-hydrogen) atoms. The number of piperidine rings is 1. The molecular formula is C31H52N4O3. The first-order chi connectivity index (χ1) is 18.1. The minimum Gasteiger partial charge on any atom is -0.478 e. The van der Waals surface area contributed by atoms with Crippen LogP contribution in [0, 0.1) is 29.1 Å². The van der Waals surface area contributed by atoms with Gasteiger partial charge in [-0.1, -0.05) is 59.0 Å². The Morgan fingerprint density at radius 1 is 0.974 bits per heavy atom. The summed E-state index contributed by atoms with van der Waals surface area (Å²) in [7, 11) is 0. The summed E-state index contributed by atoms with van der Waals surface area (Å²) in [6.45, 7) is 18.8. The molecule has 3 aliphatic carbocycles. The normalized spacial score (nSPS) is 28.5. The average molecular weight is 529 g/mol. The first-order valence-electron chi connectivity index (χ1n) is 15.2. The second kappa shape index (κ2) is 12.3. The van der Waals surface area contributed by atoms with Crippen molar-refractivity contribution in [1.82, 2.24) is 20.9 Å². The second-order valence-corrected chi connectivity index (χ2v) is 12.9. The molecule has 0 aromatic heterocycles. The second-order valence-electron chi connectivity index (χ2n) is 12.9. The van der Waals surface area contributed by atoms with Crippen molar-refractivity contribution in [2.75, 3.05) is 19.7 Å². The molecule has 5 atom stereocenters. The summed E-state index contributed by atoms with van der Waals surface area (Å²) in [5.41, 5.74) is 1.13. The molecule has 7 heteroatoms. The van der Waals surface area contributed by atoms with Crippen LogP contribution in [0.3, 0.4) is 0 Å². The Morgan fingerprint density at radius 2 is 1.58 bits per heavy atom. The zero-order valence-corrected chi connectivity index (χ0v) is 24.3. The Kier molecular flexibility index (Phi) is 9.36. The number of amides is 2. The lowest BCUT2D eigenvalue weighted by molar-refractivity contribution is -0.122. The van der Waals surface area contributed by atoms with Gasteiger partial charge in [0.1, 0.15) is 6.61 Å². The summed E-state index contributed by atoms with van der Waals surface area (Å²) in [4.78, 5) is 28.6. The fraction of sp³-hybridized carbons (Fsp3) is 0.806. The maximum atomic E-state index is 13.6. The molecule has 0 spiro atoms. The van der Waals surface area contributed by atoms with Crippen LogP contribution >= 0.6 is 0 Å². The smallest absolute Gasteiger partial charge is 0.315 e. The molecule has 0 bridgehead atoms. The van der Waals surface area contributed by atoms with Crippen LogP contribution in [0.4, 0.5) is 4.79 Å². The number of ether oxygens (including phenoxy) is 1. The maximum absolute atomic E-state index is 13.6. The Hall–Kier alpha value is -2.18. The molecule has 0 aromatic carbocycles. The van der Waals surface area contributed by atoms with E-state index in [4.69, 9.17) is 4.74 Å². The summed E-state index contributed by atoms with van der Waals surface area (Å²) < 4.78 is 5.91. The van der Waals surface area contributed by atoms with Crippen molar-refractivity contribution < 1.29 is 14.3 Å². The molecule has 3 N–H and O–H groups in total. The Morgan fingerprint density at radius 3 is 2.16 bits per heavy atom. The summed E-state index contributed by atoms with van der Waals surface area (Å²) in [5, 5.41) is 9.77. The van der Waals surface area contributed by atoms with E-state index in [0.717, 1.165) is 44.5 Å². The molecule has 3 saturated carbocycles. The minimum atomic E-state index is -0.164. The number of carbonyl (C=O) groups is 2. The van der Waals surface area contributed by atoms with Crippen molar-refractivity contribution in [1.29, 1.82) is 0 Å². The van der Waals surface area contributed by atoms with Gasteiger partial charge in [-0.05, 0) is 75.2 Å². The Balaban J connectivity index is 1.46. The van der Waals surface area contributed by atoms with Crippen molar-refractivity contribution >= 4 is 11.8 Å². The average Bonchev–Trinajstić information content (AvgIpc) is 3.23. The van der Waals surface area contributed by atoms with Crippen LogP contribution < -0.4 is 16.0 Å². The zero-order chi connectivity index (χ0) is 27.4. The van der Waals surface area contributed by atoms with Gasteiger partial charge < -0.3 is 25.6 Å². The number of carbonyl (C=O) groups excluding carboxylic acids is 2. The highest BCUT2D eigenvalue weighted by molar-refractivity contribution is 5.83. The third-order valence-electron chi connectivity index (χ3n) is 10.1. The van der Waals surface area contributed by atoms with Crippen molar-refractivity contribution in [2.45, 2.75) is 110 Å². The number of urea groups is 1. The molecule has 0 radical (unpaired) electrons. The summed E-state index contributed by atoms with van der Waals surface area (Å²) in [5.74, 6) is 2.41. The van der Waals surface area contributed by atoms with E-state index >= 15 is 0 Å². The number of nitrogens with zero attached hydrogens (tertiary/aromatic N) is 1. The van der Waals surface area contributed by atoms with E-state index in [2.05, 4.69) is 47.9 Å². The number of hydrogen-bond acceptors (Lipinski definition) is 5. The van der Waals surface area contributed by atoms with E-state index in [0.29, 0.717) is 36.2 Å². The number of likely N-dealkylation sites (tertiary alicyclic amines) is 1. The monoisotopic (exact) mass is 528 g/mol. The first kappa shape index (κ1) is 28.8. The number of fused-ring (bicyclic) bond motifs is 1. The standard InChI is InChI=1S/C31H52N4O3/c1-7-32-22(4)38-19-26(23-14-10-8-11-15-23)33-30(37)34-28(24-16-12-9-13-17-24)20(2)35-18-25-27(31(25,5)6)29(35)21(3)36/h23-29,32H,2,4,7-19H2,1,3,5-6H3,(H2,33,34,37)/t25-,26?,27-,28?,29?/m0/s1. The number of hydrogen-bond donors (Lipinski definition) is 3. The van der Waals surface area contributed by atoms with Gasteiger partial charge in [-0.3, -0.25) is 4.79 Å². The van der Waals surface area contributed by atoms with E-state index in [1.54, 1.807) is 6.92 Å². The molecular weight excluding hydrogens is 476 g/mol. The highest BCUT2D eigenvalue weighted by Gasteiger charge is 2.68. The highest BCUT2D eigenvalue weighted by Crippen LogP contribution is 2.65. The fourth-order valence-corrected chi connectivity index (χ4v) is 7.79. The Labute approximate surface area is 230 Å². The van der Waals surface area contributed by atoms with Crippen LogP contribution in [-0.4, -0.2) is 54.5 Å². The minimum absolute atomic E-state index is 0.0730. The van der Waals surface area contributed by atoms with Gasteiger partial charge in [-0.15, -0.1) is 0 Å². The van der Waals surface area contributed by atoms with Gasteiger partial charge in [0.15, 0.2) is 11.7 Å². The number of ketones is 1. The summed E-state index contributed by atoms with van der Waals surface area (Å²) in [6, 6.07) is -0.517. The van der Waals surface area contributed by atoms with Gasteiger partial charge in [-0.2, -0.15) is 0 Å². The molecule has 4 aliphatic rings. The van der Waals surface area contributed by atoms with Crippen LogP contribution in [0.2, 0.25) is 0 Å². The molecule has 4 fully saturated rings. The van der Waals surface area contributed by atoms with E-state index in [1.807, 2.05) is 6.92 Å². The molecule has 0 aromatic rings. The zero-order valence-electron chi connectivity index (χ0n) is 24.3. The number of rotatable bonds is 12. The van der Waals surface area contributed by atoms with Crippen LogP contribution in [0.5, 0.6) is 0 Å². The SMILES string of the molecule is C=C(NCC)OCC(NC(=O)NC(C(=C)N1C[C@H]2[C@@H](C1C(C)=O)C2(C)C)C1CCCCC1)C1CCCCC1. The van der Waals surface area contributed by atoms with Gasteiger partial charge in [0, 0.05) is 18.8 Å². The molecule has 7 nitrogen and oxygen atoms in total. The van der Waals surface area contributed by atoms with Gasteiger partial charge in [0.05, 0.1) is 18.1 Å². The summed E-state index contributed by atoms with van der Waals surface area (Å²) >= 11 is 0. The molecule has 1 heterocycles. The number of nitrogens with one attached hydrogen (secondary N) is 3. The van der Waals surface area contributed by atoms with E-state index in [9.17, 15) is 9.59 Å². The largest absolute Gasteiger partial charge is 0.478 e. The van der Waals surface area contributed by atoms with E-state index in [1.165, 1.54) is 38.5 Å². The molecule has 1 aliphatic heterocycles. The predicted octanol–water partition coefficient (Wildman–Crippen LogP) is 5.34. The molecule has 214 valence electrons. The van der Waals surface area contributed by atoms with E-state index in [-0.39, 0.29) is 35.4 Å². The van der Waals surface area contributed by atoms with Gasteiger partial charge in [0.2, 0.25) is 0 Å². The van der Waals surface area contributed by atoms with Crippen LogP contribution in [-0.2, 0) is 9.53 Å². The maximum Gasteiger partial charge on any atom is 0.315 e. The summed E-state index contributed by atoms with van der Waals surface area (Å²) in [6.07, 6.45) is 11.6. The third kappa shape index (κ3) is 6.34. The van der Waals surface area contributed by atoms with Crippen molar-refractivity contribution in [2.24, 2.45) is 29.1 Å². The first-order valence-corrected chi connectivity index (χ1v) is 15.2. The predicted molar refractivity (Wildman–Crippen MR) is 152 cm³/mol. The third-order valence-corrected chi connectivity index (χ3v) is 10.1. The van der Waals surface area contributed by atoms with E-state index < -0.39 is 0 Å². The van der Waals surface area contributed by atoms with Crippen LogP contribution in [0.1, 0.15) is 91.9 Å². The molecule has 4 rings (SSSR count). The number of Topliss-reactive ketones (excluding diaryl/α,β-unsaturated/α-hetero) is 1. The highest BCUT2D eigenvalue weighted by atomic mass is 16.5. The van der Waals surface area contributed by atoms with Crippen LogP contribution in [0.25, 0.3) is 0 Å². The van der Waals surface area contributed by atoms with Gasteiger partial charge in [-0.25, -0.2) is 4.79 Å². The molecule has 3 unspecified atom stereocenters. The topological polar surface area (TPSA) is 82.7 Å². The van der Waals surface area contributed by atoms with Gasteiger partial charge >= 0.3 is 6.03 Å². The fourth-order valence-electron chi connectivity index (χ4n) is 7.79. The molecule has 2 amide bonds. The van der Waals surface area contributed by atoms with Gasteiger partial charge in [0.25, 0.3) is 0 Å². The quantitative estimate of drug-likeness (QED) is 0.298. The Bertz CT molecular complexity index is 874. The molecule has 1 saturated heterocycles. The van der Waals surface area contributed by atoms with Crippen molar-refractivity contribution in [3.63, 3.8) is 0 Å². The lowest BCUT2D eigenvalue weighted by atomic mass is 9.82. The van der Waals surface area contributed by atoms with Crippen molar-refractivity contribution in [3.05, 3.63) is 24.7 Å². The van der Waals surface area contributed by atoms with Crippen LogP contribution in [0.15, 0.2) is 24.7 Å². The lowest BCUT2D eigenvalue weighted by Crippen LogP contribution is -2.55.